The third-order valence-corrected chi connectivity index (χ3v) is 4.41. The highest BCUT2D eigenvalue weighted by atomic mass is 14.7. The van der Waals surface area contributed by atoms with Crippen LogP contribution in [0.5, 0.6) is 0 Å². The highest BCUT2D eigenvalue weighted by Crippen LogP contribution is 2.32. The molecule has 3 aromatic rings. The van der Waals surface area contributed by atoms with Crippen molar-refractivity contribution in [3.05, 3.63) is 96.2 Å². The lowest BCUT2D eigenvalue weighted by molar-refractivity contribution is 1.06. The fraction of sp³-hybridized carbons (Fsp3) is 0.0909. The molecule has 0 saturated carbocycles. The van der Waals surface area contributed by atoms with Gasteiger partial charge in [0.1, 0.15) is 0 Å². The summed E-state index contributed by atoms with van der Waals surface area (Å²) in [4.78, 5) is 3.56. The van der Waals surface area contributed by atoms with Gasteiger partial charge in [0.15, 0.2) is 0 Å². The van der Waals surface area contributed by atoms with E-state index in [0.29, 0.717) is 0 Å². The molecule has 0 saturated heterocycles. The van der Waals surface area contributed by atoms with Gasteiger partial charge in [0.05, 0.1) is 0 Å². The van der Waals surface area contributed by atoms with Crippen LogP contribution in [0.25, 0.3) is 22.4 Å². The monoisotopic (exact) mass is 297 g/mol. The van der Waals surface area contributed by atoms with Crippen LogP contribution in [0.3, 0.4) is 0 Å². The summed E-state index contributed by atoms with van der Waals surface area (Å²) in [7, 11) is 0. The molecule has 112 valence electrons. The van der Waals surface area contributed by atoms with E-state index >= 15 is 0 Å². The van der Waals surface area contributed by atoms with Crippen LogP contribution in [0.4, 0.5) is 0 Å². The molecule has 0 atom stereocenters. The van der Waals surface area contributed by atoms with Crippen LogP contribution in [0.15, 0.2) is 84.9 Å². The van der Waals surface area contributed by atoms with Gasteiger partial charge < -0.3 is 4.98 Å². The SMILES string of the molecule is C1=C(c2ccccc2)CCC(c2ccc(-c3ccccc3)[nH]2)=C1. The zero-order valence-electron chi connectivity index (χ0n) is 13.0. The maximum atomic E-state index is 3.56. The van der Waals surface area contributed by atoms with Gasteiger partial charge in [-0.3, -0.25) is 0 Å². The van der Waals surface area contributed by atoms with Crippen LogP contribution >= 0.6 is 0 Å². The number of rotatable bonds is 3. The smallest absolute Gasteiger partial charge is 0.0458 e. The molecule has 1 heterocycles. The molecule has 1 nitrogen and oxygen atoms in total. The fourth-order valence-corrected chi connectivity index (χ4v) is 3.12. The predicted octanol–water partition coefficient (Wildman–Crippen LogP) is 5.94. The lowest BCUT2D eigenvalue weighted by Gasteiger charge is -2.14. The zero-order valence-corrected chi connectivity index (χ0v) is 13.0. The van der Waals surface area contributed by atoms with Crippen molar-refractivity contribution < 1.29 is 0 Å². The van der Waals surface area contributed by atoms with Crippen LogP contribution < -0.4 is 0 Å². The molecule has 0 amide bonds. The van der Waals surface area contributed by atoms with Crippen molar-refractivity contribution in [2.45, 2.75) is 12.8 Å². The summed E-state index contributed by atoms with van der Waals surface area (Å²) in [5.74, 6) is 0. The number of nitrogens with one attached hydrogen (secondary N) is 1. The third kappa shape index (κ3) is 2.91. The maximum Gasteiger partial charge on any atom is 0.0458 e. The van der Waals surface area contributed by atoms with Gasteiger partial charge in [-0.15, -0.1) is 0 Å². The number of aromatic amines is 1. The molecule has 1 aliphatic rings. The molecule has 0 unspecified atom stereocenters. The molecule has 1 N–H and O–H groups in total. The molecule has 0 radical (unpaired) electrons. The van der Waals surface area contributed by atoms with Crippen molar-refractivity contribution in [2.24, 2.45) is 0 Å². The summed E-state index contributed by atoms with van der Waals surface area (Å²) in [6.45, 7) is 0. The van der Waals surface area contributed by atoms with Crippen molar-refractivity contribution in [3.8, 4) is 11.3 Å². The second-order valence-corrected chi connectivity index (χ2v) is 5.90. The van der Waals surface area contributed by atoms with Crippen LogP contribution in [0, 0.1) is 0 Å². The largest absolute Gasteiger partial charge is 0.355 e. The number of benzene rings is 2. The minimum atomic E-state index is 1.08. The Morgan fingerprint density at radius 1 is 0.522 bits per heavy atom. The molecule has 2 aromatic carbocycles. The lowest BCUT2D eigenvalue weighted by Crippen LogP contribution is -1.94. The van der Waals surface area contributed by atoms with E-state index in [1.165, 1.54) is 33.7 Å². The average molecular weight is 297 g/mol. The van der Waals surface area contributed by atoms with Crippen molar-refractivity contribution in [1.82, 2.24) is 4.98 Å². The first-order valence-electron chi connectivity index (χ1n) is 8.10. The molecule has 1 heteroatoms. The lowest BCUT2D eigenvalue weighted by atomic mass is 9.92. The summed E-state index contributed by atoms with van der Waals surface area (Å²) in [6, 6.07) is 25.5. The summed E-state index contributed by atoms with van der Waals surface area (Å²) < 4.78 is 0. The quantitative estimate of drug-likeness (QED) is 0.615. The highest BCUT2D eigenvalue weighted by Gasteiger charge is 2.11. The number of hydrogen-bond acceptors (Lipinski definition) is 0. The molecule has 0 fully saturated rings. The van der Waals surface area contributed by atoms with Crippen molar-refractivity contribution >= 4 is 11.1 Å². The average Bonchev–Trinajstić information content (AvgIpc) is 3.14. The first-order chi connectivity index (χ1) is 11.4. The van der Waals surface area contributed by atoms with Gasteiger partial charge in [0.2, 0.25) is 0 Å². The Kier molecular flexibility index (Phi) is 3.69. The molecule has 0 spiro atoms. The molecule has 4 rings (SSSR count). The standard InChI is InChI=1S/C22H19N/c1-3-7-17(8-4-1)18-11-13-20(14-12-18)22-16-15-21(23-22)19-9-5-2-6-10-19/h1-11,13,15-16,23H,12,14H2. The topological polar surface area (TPSA) is 15.8 Å². The van der Waals surface area contributed by atoms with E-state index < -0.39 is 0 Å². The molecular formula is C22H19N. The minimum Gasteiger partial charge on any atom is -0.355 e. The Labute approximate surface area is 137 Å². The highest BCUT2D eigenvalue weighted by molar-refractivity contribution is 5.78. The second-order valence-electron chi connectivity index (χ2n) is 5.90. The minimum absolute atomic E-state index is 1.08. The zero-order chi connectivity index (χ0) is 15.5. The molecule has 1 aromatic heterocycles. The predicted molar refractivity (Wildman–Crippen MR) is 97.9 cm³/mol. The number of aromatic nitrogens is 1. The fourth-order valence-electron chi connectivity index (χ4n) is 3.12. The molecule has 1 aliphatic carbocycles. The van der Waals surface area contributed by atoms with Gasteiger partial charge in [-0.05, 0) is 47.2 Å². The van der Waals surface area contributed by atoms with Gasteiger partial charge in [0, 0.05) is 11.4 Å². The first-order valence-corrected chi connectivity index (χ1v) is 8.10. The summed E-state index contributed by atoms with van der Waals surface area (Å²) in [5.41, 5.74) is 7.78. The van der Waals surface area contributed by atoms with Gasteiger partial charge in [-0.1, -0.05) is 72.8 Å². The van der Waals surface area contributed by atoms with E-state index in [1.54, 1.807) is 0 Å². The first kappa shape index (κ1) is 13.8. The van der Waals surface area contributed by atoms with Crippen molar-refractivity contribution in [3.63, 3.8) is 0 Å². The summed E-state index contributed by atoms with van der Waals surface area (Å²) in [5, 5.41) is 0. The van der Waals surface area contributed by atoms with Gasteiger partial charge in [0.25, 0.3) is 0 Å². The Morgan fingerprint density at radius 3 is 1.74 bits per heavy atom. The van der Waals surface area contributed by atoms with Gasteiger partial charge >= 0.3 is 0 Å². The molecule has 23 heavy (non-hydrogen) atoms. The number of H-pyrrole nitrogens is 1. The van der Waals surface area contributed by atoms with Crippen LogP contribution in [-0.4, -0.2) is 4.98 Å². The van der Waals surface area contributed by atoms with E-state index in [1.807, 2.05) is 6.07 Å². The van der Waals surface area contributed by atoms with E-state index in [0.717, 1.165) is 12.8 Å². The van der Waals surface area contributed by atoms with E-state index in [9.17, 15) is 0 Å². The normalized spacial score (nSPS) is 14.3. The van der Waals surface area contributed by atoms with Crippen LogP contribution in [-0.2, 0) is 0 Å². The van der Waals surface area contributed by atoms with Gasteiger partial charge in [-0.25, -0.2) is 0 Å². The van der Waals surface area contributed by atoms with E-state index in [2.05, 4.69) is 83.9 Å². The van der Waals surface area contributed by atoms with Crippen LogP contribution in [0.1, 0.15) is 24.1 Å². The van der Waals surface area contributed by atoms with E-state index in [4.69, 9.17) is 0 Å². The molecular weight excluding hydrogens is 278 g/mol. The number of allylic oxidation sites excluding steroid dienone is 4. The van der Waals surface area contributed by atoms with Crippen LogP contribution in [0.2, 0.25) is 0 Å². The molecule has 0 aliphatic heterocycles. The third-order valence-electron chi connectivity index (χ3n) is 4.41. The van der Waals surface area contributed by atoms with Gasteiger partial charge in [-0.2, -0.15) is 0 Å². The van der Waals surface area contributed by atoms with E-state index in [-0.39, 0.29) is 0 Å². The Balaban J connectivity index is 1.59. The maximum absolute atomic E-state index is 3.56. The summed E-state index contributed by atoms with van der Waals surface area (Å²) >= 11 is 0. The molecule has 0 bridgehead atoms. The van der Waals surface area contributed by atoms with Crippen molar-refractivity contribution in [1.29, 1.82) is 0 Å². The Hall–Kier alpha value is -2.80. The van der Waals surface area contributed by atoms with Crippen molar-refractivity contribution in [2.75, 3.05) is 0 Å². The Bertz CT molecular complexity index is 851. The Morgan fingerprint density at radius 2 is 1.09 bits per heavy atom. The summed E-state index contributed by atoms with van der Waals surface area (Å²) in [6.07, 6.45) is 6.69. The second kappa shape index (κ2) is 6.13. The number of hydrogen-bond donors (Lipinski definition) is 1.